The topological polar surface area (TPSA) is 43.3 Å². The number of amidine groups is 1. The van der Waals surface area contributed by atoms with Crippen molar-refractivity contribution >= 4 is 25.2 Å². The number of aryl methyl sites for hydroxylation is 1. The lowest BCUT2D eigenvalue weighted by Crippen LogP contribution is -2.18. The monoisotopic (exact) mass is 354 g/mol. The van der Waals surface area contributed by atoms with Crippen LogP contribution in [0.4, 0.5) is 0 Å². The second kappa shape index (κ2) is 8.34. The molecule has 1 fully saturated rings. The molecule has 0 saturated carbocycles. The van der Waals surface area contributed by atoms with Gasteiger partial charge in [0.2, 0.25) is 0 Å². The molecule has 0 N–H and O–H groups in total. The first-order valence-electron chi connectivity index (χ1n) is 8.11. The Morgan fingerprint density at radius 1 is 1.30 bits per heavy atom. The van der Waals surface area contributed by atoms with Gasteiger partial charge in [0.05, 0.1) is 25.8 Å². The third kappa shape index (κ3) is 4.18. The van der Waals surface area contributed by atoms with E-state index < -0.39 is 7.58 Å². The van der Waals surface area contributed by atoms with E-state index in [-0.39, 0.29) is 6.04 Å². The zero-order valence-corrected chi connectivity index (χ0v) is 15.3. The second-order valence-corrected chi connectivity index (χ2v) is 8.21. The summed E-state index contributed by atoms with van der Waals surface area (Å²) in [6.45, 7) is 6.75. The summed E-state index contributed by atoms with van der Waals surface area (Å²) < 4.78 is 19.2. The number of aliphatic imine (C=N–C) groups is 1. The van der Waals surface area contributed by atoms with E-state index in [9.17, 15) is 0 Å². The first kappa shape index (κ1) is 17.0. The molecular formula is C16H23N2O3PS. The number of fused-ring (bicyclic) bond motifs is 1. The van der Waals surface area contributed by atoms with Gasteiger partial charge in [0.1, 0.15) is 6.61 Å². The van der Waals surface area contributed by atoms with Gasteiger partial charge >= 0.3 is 0 Å². The Morgan fingerprint density at radius 2 is 2.09 bits per heavy atom. The Bertz CT molecular complexity index is 552. The Hall–Kier alpha value is -0.810. The zero-order valence-electron chi connectivity index (χ0n) is 13.6. The molecule has 7 heteroatoms. The number of nitrogens with zero attached hydrogens (tertiary/aromatic N) is 2. The van der Waals surface area contributed by atoms with Crippen LogP contribution in [0.3, 0.4) is 0 Å². The van der Waals surface area contributed by atoms with Crippen LogP contribution in [0.1, 0.15) is 37.4 Å². The van der Waals surface area contributed by atoms with Crippen LogP contribution in [-0.4, -0.2) is 36.7 Å². The van der Waals surface area contributed by atoms with Crippen molar-refractivity contribution in [2.75, 3.05) is 26.4 Å². The highest BCUT2D eigenvalue weighted by atomic mass is 32.7. The van der Waals surface area contributed by atoms with Crippen LogP contribution < -0.4 is 0 Å². The van der Waals surface area contributed by atoms with Crippen LogP contribution in [0.25, 0.3) is 0 Å². The fourth-order valence-electron chi connectivity index (χ4n) is 2.74. The van der Waals surface area contributed by atoms with Gasteiger partial charge in [-0.15, -0.1) is 0 Å². The van der Waals surface area contributed by atoms with Crippen molar-refractivity contribution < 1.29 is 13.8 Å². The molecule has 23 heavy (non-hydrogen) atoms. The van der Waals surface area contributed by atoms with Gasteiger partial charge in [-0.2, -0.15) is 0 Å². The predicted octanol–water partition coefficient (Wildman–Crippen LogP) is 4.31. The molecule has 1 aliphatic heterocycles. The summed E-state index contributed by atoms with van der Waals surface area (Å²) in [5.74, 6) is 0. The highest BCUT2D eigenvalue weighted by Gasteiger charge is 2.29. The van der Waals surface area contributed by atoms with E-state index in [1.807, 2.05) is 13.8 Å². The fraction of sp³-hybridized carbons (Fsp3) is 0.562. The van der Waals surface area contributed by atoms with Crippen molar-refractivity contribution in [1.29, 1.82) is 0 Å². The molecule has 0 aromatic heterocycles. The summed E-state index contributed by atoms with van der Waals surface area (Å²) in [5, 5.41) is 0. The van der Waals surface area contributed by atoms with Crippen molar-refractivity contribution in [2.24, 2.45) is 4.99 Å². The van der Waals surface area contributed by atoms with Gasteiger partial charge in [-0.1, -0.05) is 24.3 Å². The lowest BCUT2D eigenvalue weighted by molar-refractivity contribution is 0.282. The minimum Gasteiger partial charge on any atom is -0.463 e. The van der Waals surface area contributed by atoms with Crippen molar-refractivity contribution in [3.8, 4) is 0 Å². The molecule has 1 aliphatic carbocycles. The fourth-order valence-corrected chi connectivity index (χ4v) is 5.67. The Morgan fingerprint density at radius 3 is 2.87 bits per heavy atom. The number of ether oxygens (including phenoxy) is 1. The van der Waals surface area contributed by atoms with E-state index in [1.165, 1.54) is 11.1 Å². The van der Waals surface area contributed by atoms with E-state index in [4.69, 9.17) is 18.8 Å². The molecule has 5 nitrogen and oxygen atoms in total. The third-order valence-corrected chi connectivity index (χ3v) is 6.97. The predicted molar refractivity (Wildman–Crippen MR) is 95.4 cm³/mol. The van der Waals surface area contributed by atoms with E-state index in [2.05, 4.69) is 28.6 Å². The van der Waals surface area contributed by atoms with Crippen LogP contribution in [0.2, 0.25) is 0 Å². The van der Waals surface area contributed by atoms with E-state index in [0.29, 0.717) is 25.8 Å². The molecule has 2 aliphatic rings. The molecule has 1 heterocycles. The summed E-state index contributed by atoms with van der Waals surface area (Å²) in [4.78, 5) is 4.87. The molecule has 0 bridgehead atoms. The summed E-state index contributed by atoms with van der Waals surface area (Å²) in [5.41, 5.74) is 2.74. The van der Waals surface area contributed by atoms with Crippen molar-refractivity contribution in [3.05, 3.63) is 35.4 Å². The SMILES string of the molecule is CCOP(OCC)SN1CCO/C1=N\C1CCc2ccccc21. The Balaban J connectivity index is 1.69. The normalized spacial score (nSPS) is 22.0. The van der Waals surface area contributed by atoms with Gasteiger partial charge < -0.3 is 13.8 Å². The molecule has 1 unspecified atom stereocenters. The van der Waals surface area contributed by atoms with Crippen LogP contribution in [-0.2, 0) is 20.2 Å². The summed E-state index contributed by atoms with van der Waals surface area (Å²) in [6.07, 6.45) is 2.14. The Labute approximate surface area is 143 Å². The largest absolute Gasteiger partial charge is 0.463 e. The lowest BCUT2D eigenvalue weighted by Gasteiger charge is -2.21. The van der Waals surface area contributed by atoms with E-state index in [1.54, 1.807) is 11.6 Å². The van der Waals surface area contributed by atoms with Crippen LogP contribution in [0.15, 0.2) is 29.3 Å². The zero-order chi connectivity index (χ0) is 16.1. The molecule has 1 saturated heterocycles. The summed E-state index contributed by atoms with van der Waals surface area (Å²) in [7, 11) is -0.987. The average Bonchev–Trinajstić information content (AvgIpc) is 3.16. The smallest absolute Gasteiger partial charge is 0.298 e. The van der Waals surface area contributed by atoms with Crippen molar-refractivity contribution in [2.45, 2.75) is 32.7 Å². The standard InChI is InChI=1S/C16H23N2O3PS/c1-3-20-22(21-4-2)23-18-11-12-19-16(18)17-15-10-9-13-7-5-6-8-14(13)15/h5-8,15H,3-4,9-12H2,1-2H3/b17-16-. The average molecular weight is 354 g/mol. The second-order valence-electron chi connectivity index (χ2n) is 5.26. The number of hydrogen-bond acceptors (Lipinski definition) is 5. The van der Waals surface area contributed by atoms with Gasteiger partial charge in [-0.3, -0.25) is 4.31 Å². The highest BCUT2D eigenvalue weighted by Crippen LogP contribution is 2.54. The highest BCUT2D eigenvalue weighted by molar-refractivity contribution is 8.51. The minimum absolute atomic E-state index is 0.202. The van der Waals surface area contributed by atoms with Crippen molar-refractivity contribution in [3.63, 3.8) is 0 Å². The van der Waals surface area contributed by atoms with Crippen molar-refractivity contribution in [1.82, 2.24) is 4.31 Å². The molecule has 1 aromatic carbocycles. The number of benzene rings is 1. The summed E-state index contributed by atoms with van der Waals surface area (Å²) in [6, 6.07) is 9.47. The Kier molecular flexibility index (Phi) is 6.17. The first-order valence-corrected chi connectivity index (χ1v) is 10.7. The van der Waals surface area contributed by atoms with E-state index >= 15 is 0 Å². The van der Waals surface area contributed by atoms with Crippen LogP contribution in [0, 0.1) is 0 Å². The first-order chi connectivity index (χ1) is 11.3. The van der Waals surface area contributed by atoms with Gasteiger partial charge in [0, 0.05) is 11.6 Å². The third-order valence-electron chi connectivity index (χ3n) is 3.74. The quantitative estimate of drug-likeness (QED) is 0.539. The van der Waals surface area contributed by atoms with E-state index in [0.717, 1.165) is 19.4 Å². The number of hydrogen-bond donors (Lipinski definition) is 0. The minimum atomic E-state index is -0.987. The molecule has 0 radical (unpaired) electrons. The van der Waals surface area contributed by atoms with Gasteiger partial charge in [-0.05, 0) is 37.8 Å². The maximum absolute atomic E-state index is 5.75. The lowest BCUT2D eigenvalue weighted by atomic mass is 10.1. The molecular weight excluding hydrogens is 331 g/mol. The maximum atomic E-state index is 5.75. The molecule has 3 rings (SSSR count). The summed E-state index contributed by atoms with van der Waals surface area (Å²) >= 11 is 1.57. The van der Waals surface area contributed by atoms with Gasteiger partial charge in [0.25, 0.3) is 13.6 Å². The van der Waals surface area contributed by atoms with Crippen LogP contribution in [0.5, 0.6) is 0 Å². The molecule has 1 aromatic rings. The maximum Gasteiger partial charge on any atom is 0.298 e. The van der Waals surface area contributed by atoms with Crippen LogP contribution >= 0.6 is 19.1 Å². The van der Waals surface area contributed by atoms with Gasteiger partial charge in [0.15, 0.2) is 0 Å². The number of rotatable bonds is 7. The molecule has 126 valence electrons. The molecule has 0 spiro atoms. The molecule has 0 amide bonds. The van der Waals surface area contributed by atoms with Gasteiger partial charge in [-0.25, -0.2) is 4.99 Å². The molecule has 1 atom stereocenters.